The Balaban J connectivity index is 0.00000320. The number of rotatable bonds is 8. The Morgan fingerprint density at radius 1 is 1.13 bits per heavy atom. The number of aromatic nitrogens is 2. The summed E-state index contributed by atoms with van der Waals surface area (Å²) in [5.74, 6) is 0.528. The zero-order valence-corrected chi connectivity index (χ0v) is 19.5. The highest BCUT2D eigenvalue weighted by molar-refractivity contribution is 14.0. The molecule has 2 N–H and O–H groups in total. The minimum atomic E-state index is -0.384. The third-order valence-corrected chi connectivity index (χ3v) is 4.44. The number of nitrogens with zero attached hydrogens (tertiary/aromatic N) is 3. The Morgan fingerprint density at radius 3 is 2.60 bits per heavy atom. The number of halogens is 2. The van der Waals surface area contributed by atoms with Crippen LogP contribution in [0.2, 0.25) is 0 Å². The van der Waals surface area contributed by atoms with Crippen molar-refractivity contribution in [3.8, 4) is 5.75 Å². The first-order chi connectivity index (χ1) is 14.2. The zero-order valence-electron chi connectivity index (χ0n) is 17.1. The van der Waals surface area contributed by atoms with Crippen molar-refractivity contribution in [3.05, 3.63) is 83.4 Å². The molecule has 0 aliphatic heterocycles. The molecule has 0 aliphatic carbocycles. The number of hydrogen-bond donors (Lipinski definition) is 2. The van der Waals surface area contributed by atoms with Crippen LogP contribution in [0.4, 0.5) is 4.39 Å². The quantitative estimate of drug-likeness (QED) is 0.267. The number of nitrogens with one attached hydrogen (secondary N) is 2. The number of aliphatic imine (C=N–C) groups is 1. The highest BCUT2D eigenvalue weighted by atomic mass is 127. The minimum Gasteiger partial charge on any atom is -0.494 e. The molecule has 1 aromatic heterocycles. The van der Waals surface area contributed by atoms with Gasteiger partial charge in [0.15, 0.2) is 17.5 Å². The van der Waals surface area contributed by atoms with Gasteiger partial charge in [-0.15, -0.1) is 24.0 Å². The van der Waals surface area contributed by atoms with Crippen molar-refractivity contribution in [2.45, 2.75) is 26.6 Å². The van der Waals surface area contributed by atoms with E-state index in [1.54, 1.807) is 12.3 Å². The average molecular weight is 523 g/mol. The van der Waals surface area contributed by atoms with E-state index in [0.29, 0.717) is 25.6 Å². The van der Waals surface area contributed by atoms with Gasteiger partial charge in [0.25, 0.3) is 0 Å². The molecule has 0 radical (unpaired) electrons. The van der Waals surface area contributed by atoms with Crippen LogP contribution in [0.5, 0.6) is 5.75 Å². The van der Waals surface area contributed by atoms with Crippen LogP contribution in [0.15, 0.2) is 65.9 Å². The van der Waals surface area contributed by atoms with E-state index in [2.05, 4.69) is 32.9 Å². The molecule has 0 fully saturated rings. The molecule has 0 saturated carbocycles. The fraction of sp³-hybridized carbons (Fsp3) is 0.273. The lowest BCUT2D eigenvalue weighted by molar-refractivity contribution is 0.386. The molecule has 2 aromatic carbocycles. The summed E-state index contributed by atoms with van der Waals surface area (Å²) < 4.78 is 20.7. The number of methoxy groups -OCH3 is 1. The van der Waals surface area contributed by atoms with E-state index in [1.165, 1.54) is 24.3 Å². The summed E-state index contributed by atoms with van der Waals surface area (Å²) in [6, 6.07) is 15.0. The number of guanidine groups is 1. The van der Waals surface area contributed by atoms with E-state index in [0.717, 1.165) is 12.1 Å². The van der Waals surface area contributed by atoms with Crippen molar-refractivity contribution in [3.63, 3.8) is 0 Å². The Labute approximate surface area is 193 Å². The first-order valence-electron chi connectivity index (χ1n) is 9.58. The standard InChI is InChI=1S/C22H26FN5O.HI/c1-3-24-22(25-14-17-9-10-21(29-2)20(23)13-17)26-15-18-7-4-5-8-19(18)16-28-12-6-11-27-28;/h4-13H,3,14-16H2,1-2H3,(H2,24,25,26);1H. The number of ether oxygens (including phenoxy) is 1. The Morgan fingerprint density at radius 2 is 1.93 bits per heavy atom. The second-order valence-electron chi connectivity index (χ2n) is 6.49. The fourth-order valence-electron chi connectivity index (χ4n) is 2.95. The van der Waals surface area contributed by atoms with E-state index in [1.807, 2.05) is 42.1 Å². The van der Waals surface area contributed by atoms with Crippen LogP contribution in [0.25, 0.3) is 0 Å². The molecule has 0 amide bonds. The summed E-state index contributed by atoms with van der Waals surface area (Å²) >= 11 is 0. The van der Waals surface area contributed by atoms with Crippen LogP contribution in [0.3, 0.4) is 0 Å². The second kappa shape index (κ2) is 12.2. The van der Waals surface area contributed by atoms with Crippen LogP contribution < -0.4 is 15.4 Å². The topological polar surface area (TPSA) is 63.5 Å². The molecule has 8 heteroatoms. The van der Waals surface area contributed by atoms with Crippen molar-refractivity contribution in [1.82, 2.24) is 20.4 Å². The van der Waals surface area contributed by atoms with Gasteiger partial charge in [0.2, 0.25) is 0 Å². The normalized spacial score (nSPS) is 11.0. The minimum absolute atomic E-state index is 0. The molecule has 0 saturated heterocycles. The first kappa shape index (κ1) is 23.7. The van der Waals surface area contributed by atoms with Crippen LogP contribution >= 0.6 is 24.0 Å². The molecule has 6 nitrogen and oxygen atoms in total. The van der Waals surface area contributed by atoms with Gasteiger partial charge in [-0.3, -0.25) is 4.68 Å². The molecule has 160 valence electrons. The molecule has 3 aromatic rings. The van der Waals surface area contributed by atoms with Gasteiger partial charge in [-0.2, -0.15) is 5.10 Å². The summed E-state index contributed by atoms with van der Waals surface area (Å²) in [6.45, 7) is 4.45. The van der Waals surface area contributed by atoms with Gasteiger partial charge in [-0.25, -0.2) is 9.38 Å². The van der Waals surface area contributed by atoms with E-state index in [-0.39, 0.29) is 35.5 Å². The number of benzene rings is 2. The lowest BCUT2D eigenvalue weighted by Gasteiger charge is -2.14. The van der Waals surface area contributed by atoms with Crippen molar-refractivity contribution >= 4 is 29.9 Å². The molecule has 0 spiro atoms. The van der Waals surface area contributed by atoms with Crippen LogP contribution in [0.1, 0.15) is 23.6 Å². The van der Waals surface area contributed by atoms with E-state index < -0.39 is 0 Å². The van der Waals surface area contributed by atoms with Gasteiger partial charge < -0.3 is 15.4 Å². The predicted octanol–water partition coefficient (Wildman–Crippen LogP) is 3.95. The zero-order chi connectivity index (χ0) is 20.5. The third-order valence-electron chi connectivity index (χ3n) is 4.44. The van der Waals surface area contributed by atoms with Crippen molar-refractivity contribution < 1.29 is 9.13 Å². The highest BCUT2D eigenvalue weighted by Crippen LogP contribution is 2.18. The monoisotopic (exact) mass is 523 g/mol. The van der Waals surface area contributed by atoms with E-state index in [9.17, 15) is 4.39 Å². The molecule has 30 heavy (non-hydrogen) atoms. The molecular formula is C22H27FIN5O. The Kier molecular flexibility index (Phi) is 9.59. The summed E-state index contributed by atoms with van der Waals surface area (Å²) in [4.78, 5) is 4.57. The maximum absolute atomic E-state index is 13.9. The van der Waals surface area contributed by atoms with Gasteiger partial charge in [-0.1, -0.05) is 30.3 Å². The molecule has 0 unspecified atom stereocenters. The molecule has 0 aliphatic rings. The number of hydrogen-bond acceptors (Lipinski definition) is 3. The van der Waals surface area contributed by atoms with Crippen molar-refractivity contribution in [2.24, 2.45) is 4.99 Å². The molecule has 1 heterocycles. The first-order valence-corrected chi connectivity index (χ1v) is 9.58. The lowest BCUT2D eigenvalue weighted by atomic mass is 10.1. The van der Waals surface area contributed by atoms with Gasteiger partial charge in [0.1, 0.15) is 0 Å². The Bertz CT molecular complexity index is 946. The maximum Gasteiger partial charge on any atom is 0.191 e. The highest BCUT2D eigenvalue weighted by Gasteiger charge is 2.06. The van der Waals surface area contributed by atoms with Crippen LogP contribution in [-0.4, -0.2) is 29.4 Å². The van der Waals surface area contributed by atoms with Crippen molar-refractivity contribution in [2.75, 3.05) is 13.7 Å². The van der Waals surface area contributed by atoms with Crippen LogP contribution in [-0.2, 0) is 19.6 Å². The fourth-order valence-corrected chi connectivity index (χ4v) is 2.95. The third kappa shape index (κ3) is 6.72. The van der Waals surface area contributed by atoms with Crippen LogP contribution in [0, 0.1) is 5.82 Å². The second-order valence-corrected chi connectivity index (χ2v) is 6.49. The largest absolute Gasteiger partial charge is 0.494 e. The van der Waals surface area contributed by atoms with E-state index in [4.69, 9.17) is 4.74 Å². The van der Waals surface area contributed by atoms with Gasteiger partial charge >= 0.3 is 0 Å². The molecular weight excluding hydrogens is 496 g/mol. The Hall–Kier alpha value is -2.62. The average Bonchev–Trinajstić information content (AvgIpc) is 3.24. The van der Waals surface area contributed by atoms with Gasteiger partial charge in [0, 0.05) is 25.5 Å². The molecule has 0 bridgehead atoms. The summed E-state index contributed by atoms with van der Waals surface area (Å²) in [7, 11) is 1.45. The SMILES string of the molecule is CCNC(=NCc1ccc(OC)c(F)c1)NCc1ccccc1Cn1cccn1.I. The van der Waals surface area contributed by atoms with Gasteiger partial charge in [0.05, 0.1) is 20.2 Å². The summed E-state index contributed by atoms with van der Waals surface area (Å²) in [5.41, 5.74) is 3.14. The maximum atomic E-state index is 13.9. The molecule has 0 atom stereocenters. The molecule has 3 rings (SSSR count). The summed E-state index contributed by atoms with van der Waals surface area (Å²) in [6.07, 6.45) is 3.72. The lowest BCUT2D eigenvalue weighted by Crippen LogP contribution is -2.37. The van der Waals surface area contributed by atoms with Gasteiger partial charge in [-0.05, 0) is 41.8 Å². The predicted molar refractivity (Wildman–Crippen MR) is 128 cm³/mol. The van der Waals surface area contributed by atoms with Crippen molar-refractivity contribution in [1.29, 1.82) is 0 Å². The van der Waals surface area contributed by atoms with E-state index >= 15 is 0 Å². The summed E-state index contributed by atoms with van der Waals surface area (Å²) in [5, 5.41) is 10.9. The smallest absolute Gasteiger partial charge is 0.191 e.